The van der Waals surface area contributed by atoms with Gasteiger partial charge in [0.25, 0.3) is 0 Å². The molecule has 0 N–H and O–H groups in total. The molecule has 24 heavy (non-hydrogen) atoms. The van der Waals surface area contributed by atoms with Crippen molar-refractivity contribution in [2.24, 2.45) is 5.92 Å². The monoisotopic (exact) mass is 320 g/mol. The van der Waals surface area contributed by atoms with Crippen LogP contribution >= 0.6 is 0 Å². The molecule has 0 amide bonds. The standard InChI is InChI=1S/C21H19BF2/c1-11-3-6-13(7-4-11)14-9-10-16-15-8-5-12(2)20(23)17(15)19(22)18(16)21(14)24/h5-6,8-11,19H,3-4,7H2,1-2H3. The number of aryl methyl sites for hydroxylation is 1. The Hall–Kier alpha value is -1.90. The summed E-state index contributed by atoms with van der Waals surface area (Å²) in [4.78, 5) is 0. The first kappa shape index (κ1) is 15.6. The van der Waals surface area contributed by atoms with Crippen LogP contribution in [0.15, 0.2) is 30.3 Å². The summed E-state index contributed by atoms with van der Waals surface area (Å²) in [5.74, 6) is -0.690. The Bertz CT molecular complexity index is 867. The van der Waals surface area contributed by atoms with Gasteiger partial charge in [-0.25, -0.2) is 8.78 Å². The third kappa shape index (κ3) is 2.17. The number of hydrogen-bond acceptors (Lipinski definition) is 0. The van der Waals surface area contributed by atoms with Gasteiger partial charge >= 0.3 is 0 Å². The Morgan fingerprint density at radius 1 is 0.958 bits per heavy atom. The van der Waals surface area contributed by atoms with Crippen LogP contribution in [0.5, 0.6) is 0 Å². The minimum absolute atomic E-state index is 0.283. The molecule has 3 heteroatoms. The van der Waals surface area contributed by atoms with Crippen molar-refractivity contribution in [1.82, 2.24) is 0 Å². The highest BCUT2D eigenvalue weighted by molar-refractivity contribution is 6.17. The van der Waals surface area contributed by atoms with E-state index < -0.39 is 5.82 Å². The van der Waals surface area contributed by atoms with Crippen LogP contribution in [0.3, 0.4) is 0 Å². The molecule has 2 aromatic carbocycles. The van der Waals surface area contributed by atoms with Gasteiger partial charge in [-0.2, -0.15) is 0 Å². The largest absolute Gasteiger partial charge is 0.206 e. The van der Waals surface area contributed by atoms with E-state index in [0.29, 0.717) is 28.2 Å². The minimum Gasteiger partial charge on any atom is -0.206 e. The van der Waals surface area contributed by atoms with Crippen LogP contribution in [0, 0.1) is 24.5 Å². The number of allylic oxidation sites excluding steroid dienone is 2. The SMILES string of the molecule is [B]C1c2c(ccc(C)c2F)-c2ccc(C3=CCC(C)CC3)c(F)c21. The smallest absolute Gasteiger partial charge is 0.134 e. The van der Waals surface area contributed by atoms with Crippen LogP contribution in [0.4, 0.5) is 8.78 Å². The minimum atomic E-state index is -0.738. The Balaban J connectivity index is 1.86. The molecule has 0 aromatic heterocycles. The molecule has 0 spiro atoms. The van der Waals surface area contributed by atoms with Gasteiger partial charge in [0.1, 0.15) is 11.6 Å². The lowest BCUT2D eigenvalue weighted by Gasteiger charge is -2.20. The average Bonchev–Trinajstić information content (AvgIpc) is 2.86. The predicted molar refractivity (Wildman–Crippen MR) is 95.1 cm³/mol. The third-order valence-electron chi connectivity index (χ3n) is 5.48. The molecule has 2 aliphatic carbocycles. The summed E-state index contributed by atoms with van der Waals surface area (Å²) in [7, 11) is 6.25. The fraction of sp³-hybridized carbons (Fsp3) is 0.333. The molecule has 0 bridgehead atoms. The van der Waals surface area contributed by atoms with Crippen LogP contribution < -0.4 is 0 Å². The number of fused-ring (bicyclic) bond motifs is 3. The van der Waals surface area contributed by atoms with Crippen molar-refractivity contribution in [3.05, 3.63) is 64.2 Å². The van der Waals surface area contributed by atoms with Crippen LogP contribution in [0.25, 0.3) is 16.7 Å². The van der Waals surface area contributed by atoms with Gasteiger partial charge in [0.2, 0.25) is 0 Å². The van der Waals surface area contributed by atoms with Gasteiger partial charge in [-0.05, 0) is 71.3 Å². The van der Waals surface area contributed by atoms with Gasteiger partial charge in [-0.3, -0.25) is 0 Å². The molecule has 2 unspecified atom stereocenters. The van der Waals surface area contributed by atoms with E-state index in [2.05, 4.69) is 13.0 Å². The van der Waals surface area contributed by atoms with Crippen molar-refractivity contribution in [2.45, 2.75) is 38.9 Å². The van der Waals surface area contributed by atoms with Crippen LogP contribution in [-0.4, -0.2) is 7.85 Å². The van der Waals surface area contributed by atoms with Crippen LogP contribution in [-0.2, 0) is 0 Å². The van der Waals surface area contributed by atoms with Crippen LogP contribution in [0.2, 0.25) is 0 Å². The lowest BCUT2D eigenvalue weighted by molar-refractivity contribution is 0.531. The summed E-state index contributed by atoms with van der Waals surface area (Å²) >= 11 is 0. The van der Waals surface area contributed by atoms with Gasteiger partial charge in [0.15, 0.2) is 0 Å². The molecule has 4 rings (SSSR count). The lowest BCUT2D eigenvalue weighted by Crippen LogP contribution is -2.06. The maximum atomic E-state index is 15.3. The molecule has 2 aromatic rings. The van der Waals surface area contributed by atoms with Crippen LogP contribution in [0.1, 0.15) is 54.3 Å². The highest BCUT2D eigenvalue weighted by Crippen LogP contribution is 2.47. The number of rotatable bonds is 1. The van der Waals surface area contributed by atoms with Crippen molar-refractivity contribution < 1.29 is 8.78 Å². The Labute approximate surface area is 143 Å². The maximum absolute atomic E-state index is 15.3. The van der Waals surface area contributed by atoms with E-state index in [1.165, 1.54) is 0 Å². The summed E-state index contributed by atoms with van der Waals surface area (Å²) in [5, 5.41) is 0. The zero-order valence-corrected chi connectivity index (χ0v) is 14.0. The number of halogens is 2. The summed E-state index contributed by atoms with van der Waals surface area (Å²) in [6.45, 7) is 3.92. The van der Waals surface area contributed by atoms with E-state index in [4.69, 9.17) is 7.85 Å². The lowest BCUT2D eigenvalue weighted by atomic mass is 9.77. The molecule has 2 atom stereocenters. The van der Waals surface area contributed by atoms with E-state index >= 15 is 4.39 Å². The zero-order valence-electron chi connectivity index (χ0n) is 14.0. The van der Waals surface area contributed by atoms with Crippen molar-refractivity contribution in [1.29, 1.82) is 0 Å². The summed E-state index contributed by atoms with van der Waals surface area (Å²) in [5.41, 5.74) is 4.52. The second-order valence-corrected chi connectivity index (χ2v) is 7.13. The van der Waals surface area contributed by atoms with E-state index in [1.807, 2.05) is 18.2 Å². The third-order valence-corrected chi connectivity index (χ3v) is 5.48. The molecule has 0 heterocycles. The highest BCUT2D eigenvalue weighted by atomic mass is 19.1. The number of hydrogen-bond donors (Lipinski definition) is 0. The van der Waals surface area contributed by atoms with Gasteiger partial charge in [-0.1, -0.05) is 37.3 Å². The molecular weight excluding hydrogens is 301 g/mol. The molecule has 0 fully saturated rings. The van der Waals surface area contributed by atoms with Gasteiger partial charge in [0, 0.05) is 5.56 Å². The van der Waals surface area contributed by atoms with E-state index in [-0.39, 0.29) is 11.6 Å². The summed E-state index contributed by atoms with van der Waals surface area (Å²) in [6.07, 6.45) is 5.07. The summed E-state index contributed by atoms with van der Waals surface area (Å²) in [6, 6.07) is 7.30. The van der Waals surface area contributed by atoms with Crippen molar-refractivity contribution >= 4 is 13.4 Å². The first-order valence-electron chi connectivity index (χ1n) is 8.55. The van der Waals surface area contributed by atoms with E-state index in [0.717, 1.165) is 36.0 Å². The summed E-state index contributed by atoms with van der Waals surface area (Å²) < 4.78 is 29.8. The van der Waals surface area contributed by atoms with E-state index in [9.17, 15) is 4.39 Å². The quantitative estimate of drug-likeness (QED) is 0.590. The highest BCUT2D eigenvalue weighted by Gasteiger charge is 2.32. The normalized spacial score (nSPS) is 22.1. The average molecular weight is 320 g/mol. The molecule has 0 aliphatic heterocycles. The Morgan fingerprint density at radius 2 is 1.58 bits per heavy atom. The fourth-order valence-electron chi connectivity index (χ4n) is 3.97. The first-order chi connectivity index (χ1) is 11.5. The molecule has 2 radical (unpaired) electrons. The second kappa shape index (κ2) is 5.58. The topological polar surface area (TPSA) is 0 Å². The van der Waals surface area contributed by atoms with Crippen molar-refractivity contribution in [3.8, 4) is 11.1 Å². The maximum Gasteiger partial charge on any atom is 0.134 e. The molecular formula is C21H19BF2. The van der Waals surface area contributed by atoms with Gasteiger partial charge in [-0.15, -0.1) is 0 Å². The Morgan fingerprint density at radius 3 is 2.25 bits per heavy atom. The molecule has 0 saturated carbocycles. The molecule has 0 saturated heterocycles. The fourth-order valence-corrected chi connectivity index (χ4v) is 3.97. The number of benzene rings is 2. The Kier molecular flexibility index (Phi) is 3.63. The van der Waals surface area contributed by atoms with Gasteiger partial charge in [0.05, 0.1) is 7.85 Å². The zero-order chi connectivity index (χ0) is 17.0. The molecule has 120 valence electrons. The first-order valence-corrected chi connectivity index (χ1v) is 8.55. The second-order valence-electron chi connectivity index (χ2n) is 7.13. The van der Waals surface area contributed by atoms with Crippen molar-refractivity contribution in [3.63, 3.8) is 0 Å². The van der Waals surface area contributed by atoms with Crippen molar-refractivity contribution in [2.75, 3.05) is 0 Å². The van der Waals surface area contributed by atoms with Gasteiger partial charge < -0.3 is 0 Å². The molecule has 0 nitrogen and oxygen atoms in total. The predicted octanol–water partition coefficient (Wildman–Crippen LogP) is 5.71. The molecule has 2 aliphatic rings. The van der Waals surface area contributed by atoms with E-state index in [1.54, 1.807) is 13.0 Å².